The van der Waals surface area contributed by atoms with Crippen molar-refractivity contribution < 1.29 is 51.5 Å². The minimum absolute atomic E-state index is 0.128. The summed E-state index contributed by atoms with van der Waals surface area (Å²) in [6.07, 6.45) is 15.4. The second-order valence-electron chi connectivity index (χ2n) is 38.0. The minimum atomic E-state index is -2.53. The summed E-state index contributed by atoms with van der Waals surface area (Å²) >= 11 is 25.5. The van der Waals surface area contributed by atoms with Crippen molar-refractivity contribution in [2.75, 3.05) is 228 Å². The van der Waals surface area contributed by atoms with Gasteiger partial charge >= 0.3 is 0 Å². The number of anilines is 17. The van der Waals surface area contributed by atoms with E-state index >= 15 is 0 Å². The number of rotatable bonds is 36. The lowest BCUT2D eigenvalue weighted by molar-refractivity contribution is 0.0809. The Morgan fingerprint density at radius 2 is 0.755 bits per heavy atom. The second kappa shape index (κ2) is 51.7. The molecule has 4 saturated heterocycles. The number of carbonyl (C=O) groups excluding carboxylic acids is 1. The molecule has 0 bridgehead atoms. The second-order valence-corrected chi connectivity index (χ2v) is 52.4. The van der Waals surface area contributed by atoms with Gasteiger partial charge in [-0.25, -0.2) is 19.9 Å². The summed E-state index contributed by atoms with van der Waals surface area (Å²) in [5.74, 6) is 6.61. The number of para-hydroxylation sites is 4. The molecule has 4 aliphatic heterocycles. The molecule has 9 N–H and O–H groups in total. The summed E-state index contributed by atoms with van der Waals surface area (Å²) in [6, 6.07) is 54.6. The predicted molar refractivity (Wildman–Crippen MR) is 604 cm³/mol. The molecule has 0 unspecified atom stereocenters. The maximum Gasteiger partial charge on any atom is 0.251 e. The molecule has 1 saturated carbocycles. The lowest BCUT2D eigenvalue weighted by Crippen LogP contribution is -2.53. The third-order valence-corrected chi connectivity index (χ3v) is 33.2. The molecule has 782 valence electrons. The normalized spacial score (nSPS) is 15.3. The molecular formula is C106H134Cl4N22O11P4. The highest BCUT2D eigenvalue weighted by Gasteiger charge is 2.35. The summed E-state index contributed by atoms with van der Waals surface area (Å²) in [4.78, 5) is 60.9. The van der Waals surface area contributed by atoms with Gasteiger partial charge in [-0.1, -0.05) is 108 Å². The van der Waals surface area contributed by atoms with E-state index in [9.17, 15) is 23.1 Å². The highest BCUT2D eigenvalue weighted by atomic mass is 35.5. The van der Waals surface area contributed by atoms with E-state index in [2.05, 4.69) is 150 Å². The largest absolute Gasteiger partial charge is 0.495 e. The van der Waals surface area contributed by atoms with Crippen LogP contribution in [0.25, 0.3) is 0 Å². The van der Waals surface area contributed by atoms with E-state index in [1.165, 1.54) is 69.8 Å². The molecule has 4 aromatic heterocycles. The van der Waals surface area contributed by atoms with Gasteiger partial charge < -0.3 is 109 Å². The zero-order valence-electron chi connectivity index (χ0n) is 85.9. The summed E-state index contributed by atoms with van der Waals surface area (Å²) in [6.45, 7) is 31.8. The number of aromatic nitrogens is 8. The van der Waals surface area contributed by atoms with Crippen molar-refractivity contribution in [1.29, 1.82) is 0 Å². The van der Waals surface area contributed by atoms with E-state index in [1.807, 2.05) is 128 Å². The van der Waals surface area contributed by atoms with Crippen LogP contribution in [0.1, 0.15) is 87.1 Å². The van der Waals surface area contributed by atoms with Gasteiger partial charge in [0.15, 0.2) is 23.3 Å². The van der Waals surface area contributed by atoms with Gasteiger partial charge in [0.05, 0.1) is 105 Å². The maximum atomic E-state index is 12.8. The van der Waals surface area contributed by atoms with E-state index in [-0.39, 0.29) is 17.9 Å². The number of halogens is 4. The summed E-state index contributed by atoms with van der Waals surface area (Å²) in [7, 11) is -1.53. The number of nitrogens with one attached hydrogen (secondary N) is 9. The van der Waals surface area contributed by atoms with Crippen molar-refractivity contribution in [2.24, 2.45) is 0 Å². The quantitative estimate of drug-likeness (QED) is 0.0130. The Bertz CT molecular complexity index is 6710. The molecule has 1 amide bonds. The van der Waals surface area contributed by atoms with E-state index in [0.29, 0.717) is 155 Å². The molecule has 8 heterocycles. The number of benzene rings is 8. The third kappa shape index (κ3) is 31.2. The standard InChI is InChI=1S/C31H41ClN7O2P.C27H35ClN5O2P.C26H32ClN6O3P.C22H26ClN4O4P/c1-41-28-20-24(37-14-12-23(13-15-37)39-18-16-38(17-19-39)22-8-9-22)10-11-26(28)35-31-33-21-25(32)30(36-31)34-27-6-4-5-7-29(27)42(2,3)40;1-5-33-15-13-19(14-16-33)20-11-12-22(24(17-20)35-6-2)31-27-29-18-21(28)26(32-27)30-23-9-7-8-10-25(23)36(3,4)34;1-33-13-11-18(12-14-33)29-25(34)17-9-10-20(22(15-17)36-2)31-26-28-16-19(27)24(32-26)30-21-7-5-6-8-23(21)37(3,4)35;1-29-11-12-31-15-9-10-17(19(13-15)30-2)26-22-24-14-16(23)21(27-22)25-18-7-5-6-8-20(18)32(3,4)28/h4-7,10-11,20-23H,8-9,12-19H2,1-3H3,(H2,33,34,35,36);7-12,17-19H,5-6,13-16H2,1-4H3,(H2,29,30,31,32);5-10,15-16,18H,11-14H2,1-4H3,(H,29,34)(H2,28,30,31,32);5-10,13-14H,11-12H2,1-4H3,(H2,24,25,26,27). The fourth-order valence-corrected chi connectivity index (χ4v) is 23.0. The van der Waals surface area contributed by atoms with Crippen molar-refractivity contribution in [2.45, 2.75) is 89.3 Å². The first kappa shape index (κ1) is 111. The Kier molecular flexibility index (Phi) is 39.1. The Morgan fingerprint density at radius 1 is 0.381 bits per heavy atom. The number of nitrogens with zero attached hydrogens (tertiary/aromatic N) is 13. The first-order valence-corrected chi connectivity index (χ1v) is 61.2. The summed E-state index contributed by atoms with van der Waals surface area (Å²) in [5, 5.41) is 33.1. The highest BCUT2D eigenvalue weighted by Crippen LogP contribution is 2.46. The number of amides is 1. The molecule has 5 fully saturated rings. The smallest absolute Gasteiger partial charge is 0.251 e. The average Bonchev–Trinajstić information content (AvgIpc) is 0.853. The SMILES string of the molecule is CCOc1cc(C2CCN(CC)CC2)ccc1Nc1ncc(Cl)c(Nc2ccccc2P(C)(C)=O)n1.COCCOc1ccc(Nc2ncc(Cl)c(Nc3ccccc3P(C)(C)=O)n2)c(OC)c1.COc1cc(C(=O)NC2CCN(C)CC2)ccc1Nc1ncc(Cl)c(Nc2ccccc2P(C)(C)=O)n1.COc1cc(N2CCC(N3CCN(C4CC4)CC3)CC2)ccc1Nc1ncc(Cl)c(Nc2ccccc2P(C)(C)=O)n1. The summed E-state index contributed by atoms with van der Waals surface area (Å²) < 4.78 is 84.3. The zero-order chi connectivity index (χ0) is 105. The number of methoxy groups -OCH3 is 4. The van der Waals surface area contributed by atoms with Crippen LogP contribution in [0.2, 0.25) is 20.1 Å². The van der Waals surface area contributed by atoms with Crippen molar-refractivity contribution >= 4 is 200 Å². The first-order chi connectivity index (χ1) is 70.5. The Balaban J connectivity index is 0.000000156. The van der Waals surface area contributed by atoms with Crippen molar-refractivity contribution in [3.05, 3.63) is 226 Å². The van der Waals surface area contributed by atoms with Crippen LogP contribution in [0.4, 0.5) is 98.3 Å². The molecule has 17 rings (SSSR count). The van der Waals surface area contributed by atoms with Crippen molar-refractivity contribution in [3.8, 4) is 28.7 Å². The number of piperidine rings is 3. The monoisotopic (exact) mass is 2150 g/mol. The molecule has 41 heteroatoms. The van der Waals surface area contributed by atoms with Gasteiger partial charge in [-0.05, 0) is 266 Å². The topological polar surface area (TPSA) is 368 Å². The third-order valence-electron chi connectivity index (χ3n) is 25.9. The highest BCUT2D eigenvalue weighted by molar-refractivity contribution is 7.71. The molecule has 5 aliphatic rings. The fraction of sp³-hybridized carbons (Fsp3) is 0.387. The Hall–Kier alpha value is -11.4. The van der Waals surface area contributed by atoms with Crippen LogP contribution in [0, 0.1) is 0 Å². The van der Waals surface area contributed by atoms with Gasteiger partial charge in [-0.3, -0.25) is 14.6 Å². The number of hydrogen-bond acceptors (Lipinski definition) is 32. The fourth-order valence-electron chi connectivity index (χ4n) is 17.8. The predicted octanol–water partition coefficient (Wildman–Crippen LogP) is 21.7. The molecule has 0 atom stereocenters. The van der Waals surface area contributed by atoms with Crippen LogP contribution in [0.15, 0.2) is 195 Å². The van der Waals surface area contributed by atoms with E-state index < -0.39 is 28.6 Å². The van der Waals surface area contributed by atoms with E-state index in [1.54, 1.807) is 118 Å². The Labute approximate surface area is 882 Å². The molecule has 8 aromatic carbocycles. The van der Waals surface area contributed by atoms with Crippen LogP contribution in [0.5, 0.6) is 28.7 Å². The first-order valence-electron chi connectivity index (χ1n) is 49.2. The molecule has 12 aromatic rings. The molecule has 33 nitrogen and oxygen atoms in total. The lowest BCUT2D eigenvalue weighted by atomic mass is 9.89. The molecule has 147 heavy (non-hydrogen) atoms. The number of hydrogen-bond donors (Lipinski definition) is 9. The molecular weight excluding hydrogens is 2020 g/mol. The van der Waals surface area contributed by atoms with Crippen LogP contribution in [-0.4, -0.2) is 264 Å². The number of carbonyl (C=O) groups is 1. The van der Waals surface area contributed by atoms with Gasteiger partial charge in [0.2, 0.25) is 23.8 Å². The van der Waals surface area contributed by atoms with E-state index in [4.69, 9.17) is 74.8 Å². The number of piperazine rings is 1. The van der Waals surface area contributed by atoms with Gasteiger partial charge in [-0.15, -0.1) is 0 Å². The van der Waals surface area contributed by atoms with Crippen LogP contribution >= 0.6 is 75.0 Å². The molecule has 0 radical (unpaired) electrons. The number of likely N-dealkylation sites (tertiary alicyclic amines) is 2. The lowest BCUT2D eigenvalue weighted by Gasteiger charge is -2.43. The average molecular weight is 2160 g/mol. The van der Waals surface area contributed by atoms with Crippen LogP contribution in [-0.2, 0) is 23.0 Å². The number of ether oxygens (including phenoxy) is 6. The molecule has 1 aliphatic carbocycles. The van der Waals surface area contributed by atoms with Crippen molar-refractivity contribution in [1.82, 2.24) is 64.8 Å². The van der Waals surface area contributed by atoms with Crippen LogP contribution in [0.3, 0.4) is 0 Å². The summed E-state index contributed by atoms with van der Waals surface area (Å²) in [5.41, 5.74) is 8.58. The van der Waals surface area contributed by atoms with Gasteiger partial charge in [-0.2, -0.15) is 19.9 Å². The maximum absolute atomic E-state index is 12.8. The van der Waals surface area contributed by atoms with Gasteiger partial charge in [0.25, 0.3) is 5.91 Å². The van der Waals surface area contributed by atoms with Gasteiger partial charge in [0.1, 0.15) is 84.0 Å². The van der Waals surface area contributed by atoms with Crippen molar-refractivity contribution in [3.63, 3.8) is 0 Å². The van der Waals surface area contributed by atoms with Crippen LogP contribution < -0.4 is 97.7 Å². The van der Waals surface area contributed by atoms with Gasteiger partial charge in [0, 0.05) is 109 Å². The van der Waals surface area contributed by atoms with E-state index in [0.717, 1.165) is 122 Å². The zero-order valence-corrected chi connectivity index (χ0v) is 92.5. The molecule has 0 spiro atoms. The minimum Gasteiger partial charge on any atom is -0.495 e. The Morgan fingerprint density at radius 3 is 1.14 bits per heavy atom.